The molecule has 0 aliphatic rings. The zero-order valence-electron chi connectivity index (χ0n) is 33.0. The standard InChI is InChI=1S/C41H74NO8P/c1-6-8-10-12-14-16-18-20-21-22-24-26-28-30-32-34-41(44)50-39(38-49-51(45,46)48-36-35-42(3,4)5)37-47-40(43)33-31-29-27-25-23-19-17-15-13-11-9-7-2/h8,10,14,16,20-21,24,26,39H,6-7,9,11-13,15,17-19,22-23,25,27-38H2,1-5H3/b10-8-,16-14-,21-20-,26-24-/t39-/m1/s1. The Balaban J connectivity index is 4.51. The zero-order valence-corrected chi connectivity index (χ0v) is 33.9. The summed E-state index contributed by atoms with van der Waals surface area (Å²) in [6.07, 6.45) is 37.1. The number of carbonyl (C=O) groups is 2. The minimum atomic E-state index is -4.63. The molecule has 0 saturated carbocycles. The molecule has 51 heavy (non-hydrogen) atoms. The topological polar surface area (TPSA) is 111 Å². The summed E-state index contributed by atoms with van der Waals surface area (Å²) >= 11 is 0. The molecule has 10 heteroatoms. The molecule has 0 bridgehead atoms. The third-order valence-corrected chi connectivity index (χ3v) is 9.08. The van der Waals surface area contributed by atoms with Gasteiger partial charge in [-0.1, -0.05) is 133 Å². The molecule has 0 rings (SSSR count). The summed E-state index contributed by atoms with van der Waals surface area (Å²) in [4.78, 5) is 37.3. The zero-order chi connectivity index (χ0) is 37.9. The van der Waals surface area contributed by atoms with E-state index in [0.29, 0.717) is 17.4 Å². The smallest absolute Gasteiger partial charge is 0.306 e. The van der Waals surface area contributed by atoms with Crippen LogP contribution in [-0.2, 0) is 32.7 Å². The molecule has 0 aromatic rings. The summed E-state index contributed by atoms with van der Waals surface area (Å²) in [6, 6.07) is 0. The first-order chi connectivity index (χ1) is 24.5. The Bertz CT molecular complexity index is 1020. The van der Waals surface area contributed by atoms with Crippen LogP contribution in [0.1, 0.15) is 149 Å². The van der Waals surface area contributed by atoms with E-state index >= 15 is 0 Å². The fourth-order valence-electron chi connectivity index (χ4n) is 5.00. The van der Waals surface area contributed by atoms with E-state index in [1.807, 2.05) is 21.1 Å². The highest BCUT2D eigenvalue weighted by atomic mass is 31.2. The van der Waals surface area contributed by atoms with Crippen molar-refractivity contribution in [2.45, 2.75) is 155 Å². The van der Waals surface area contributed by atoms with Crippen molar-refractivity contribution in [1.82, 2.24) is 0 Å². The van der Waals surface area contributed by atoms with Gasteiger partial charge in [-0.25, -0.2) is 0 Å². The fraction of sp³-hybridized carbons (Fsp3) is 0.756. The number of carbonyl (C=O) groups excluding carboxylic acids is 2. The van der Waals surface area contributed by atoms with Gasteiger partial charge in [-0.05, 0) is 51.4 Å². The molecular formula is C41H74NO8P. The van der Waals surface area contributed by atoms with Crippen LogP contribution in [0.15, 0.2) is 48.6 Å². The number of phosphoric ester groups is 1. The molecule has 0 aliphatic carbocycles. The first-order valence-electron chi connectivity index (χ1n) is 19.8. The van der Waals surface area contributed by atoms with Crippen LogP contribution in [-0.4, -0.2) is 70.0 Å². The first kappa shape index (κ1) is 49.0. The molecule has 0 fully saturated rings. The van der Waals surface area contributed by atoms with E-state index in [1.165, 1.54) is 57.8 Å². The quantitative estimate of drug-likeness (QED) is 0.0208. The van der Waals surface area contributed by atoms with Crippen molar-refractivity contribution in [3.63, 3.8) is 0 Å². The minimum Gasteiger partial charge on any atom is -0.756 e. The molecule has 0 aromatic carbocycles. The third-order valence-electron chi connectivity index (χ3n) is 8.11. The summed E-state index contributed by atoms with van der Waals surface area (Å²) in [5, 5.41) is 0. The predicted octanol–water partition coefficient (Wildman–Crippen LogP) is 10.1. The van der Waals surface area contributed by atoms with Gasteiger partial charge < -0.3 is 27.9 Å². The highest BCUT2D eigenvalue weighted by molar-refractivity contribution is 7.45. The number of nitrogens with zero attached hydrogens (tertiary/aromatic N) is 1. The molecule has 0 aromatic heterocycles. The molecular weight excluding hydrogens is 665 g/mol. The fourth-order valence-corrected chi connectivity index (χ4v) is 5.73. The van der Waals surface area contributed by atoms with Crippen LogP contribution >= 0.6 is 7.82 Å². The Hall–Kier alpha value is -2.03. The molecule has 9 nitrogen and oxygen atoms in total. The number of hydrogen-bond donors (Lipinski definition) is 0. The maximum Gasteiger partial charge on any atom is 0.306 e. The molecule has 0 heterocycles. The largest absolute Gasteiger partial charge is 0.756 e. The summed E-state index contributed by atoms with van der Waals surface area (Å²) in [6.45, 7) is 4.04. The number of quaternary nitrogens is 1. The number of allylic oxidation sites excluding steroid dienone is 8. The number of hydrogen-bond acceptors (Lipinski definition) is 8. The Morgan fingerprint density at radius 3 is 1.67 bits per heavy atom. The van der Waals surface area contributed by atoms with Gasteiger partial charge in [0.2, 0.25) is 0 Å². The molecule has 2 atom stereocenters. The summed E-state index contributed by atoms with van der Waals surface area (Å²) in [5.41, 5.74) is 0. The van der Waals surface area contributed by atoms with Crippen molar-refractivity contribution in [2.75, 3.05) is 47.5 Å². The van der Waals surface area contributed by atoms with Crippen LogP contribution in [0.25, 0.3) is 0 Å². The molecule has 1 unspecified atom stereocenters. The lowest BCUT2D eigenvalue weighted by Crippen LogP contribution is -2.37. The lowest BCUT2D eigenvalue weighted by molar-refractivity contribution is -0.870. The van der Waals surface area contributed by atoms with Crippen molar-refractivity contribution < 1.29 is 42.1 Å². The van der Waals surface area contributed by atoms with Crippen LogP contribution in [0.5, 0.6) is 0 Å². The van der Waals surface area contributed by atoms with E-state index in [-0.39, 0.29) is 26.1 Å². The Labute approximate surface area is 312 Å². The number of likely N-dealkylation sites (N-methyl/N-ethyl adjacent to an activating group) is 1. The molecule has 0 amide bonds. The maximum atomic E-state index is 12.6. The van der Waals surface area contributed by atoms with Crippen molar-refractivity contribution in [2.24, 2.45) is 0 Å². The average Bonchev–Trinajstić information content (AvgIpc) is 3.07. The van der Waals surface area contributed by atoms with Crippen LogP contribution in [0.3, 0.4) is 0 Å². The number of unbranched alkanes of at least 4 members (excludes halogenated alkanes) is 13. The van der Waals surface area contributed by atoms with Crippen molar-refractivity contribution in [3.8, 4) is 0 Å². The second-order valence-electron chi connectivity index (χ2n) is 14.3. The number of phosphoric acid groups is 1. The van der Waals surface area contributed by atoms with Crippen LogP contribution in [0, 0.1) is 0 Å². The van der Waals surface area contributed by atoms with E-state index < -0.39 is 32.5 Å². The minimum absolute atomic E-state index is 0.0396. The van der Waals surface area contributed by atoms with E-state index in [9.17, 15) is 19.0 Å². The normalized spacial score (nSPS) is 14.2. The number of esters is 2. The van der Waals surface area contributed by atoms with Crippen molar-refractivity contribution >= 4 is 19.8 Å². The van der Waals surface area contributed by atoms with Gasteiger partial charge >= 0.3 is 11.9 Å². The molecule has 0 radical (unpaired) electrons. The lowest BCUT2D eigenvalue weighted by atomic mass is 10.0. The molecule has 296 valence electrons. The Morgan fingerprint density at radius 2 is 1.12 bits per heavy atom. The van der Waals surface area contributed by atoms with E-state index in [4.69, 9.17) is 18.5 Å². The van der Waals surface area contributed by atoms with Gasteiger partial charge in [0, 0.05) is 12.8 Å². The highest BCUT2D eigenvalue weighted by Crippen LogP contribution is 2.38. The Kier molecular flexibility index (Phi) is 32.4. The van der Waals surface area contributed by atoms with Gasteiger partial charge in [-0.3, -0.25) is 14.2 Å². The van der Waals surface area contributed by atoms with Gasteiger partial charge in [0.05, 0.1) is 27.7 Å². The highest BCUT2D eigenvalue weighted by Gasteiger charge is 2.21. The molecule has 0 spiro atoms. The number of rotatable bonds is 35. The second-order valence-corrected chi connectivity index (χ2v) is 15.7. The van der Waals surface area contributed by atoms with Gasteiger partial charge in [0.25, 0.3) is 7.82 Å². The molecule has 0 saturated heterocycles. The van der Waals surface area contributed by atoms with Crippen LogP contribution in [0.4, 0.5) is 0 Å². The van der Waals surface area contributed by atoms with Crippen molar-refractivity contribution in [1.29, 1.82) is 0 Å². The van der Waals surface area contributed by atoms with Crippen LogP contribution < -0.4 is 4.89 Å². The van der Waals surface area contributed by atoms with Crippen LogP contribution in [0.2, 0.25) is 0 Å². The average molecular weight is 740 g/mol. The summed E-state index contributed by atoms with van der Waals surface area (Å²) in [7, 11) is 1.13. The monoisotopic (exact) mass is 740 g/mol. The van der Waals surface area contributed by atoms with E-state index in [1.54, 1.807) is 0 Å². The van der Waals surface area contributed by atoms with E-state index in [2.05, 4.69) is 62.5 Å². The van der Waals surface area contributed by atoms with Gasteiger partial charge in [-0.15, -0.1) is 0 Å². The van der Waals surface area contributed by atoms with Gasteiger partial charge in [-0.2, -0.15) is 0 Å². The lowest BCUT2D eigenvalue weighted by Gasteiger charge is -2.28. The maximum absolute atomic E-state index is 12.6. The predicted molar refractivity (Wildman–Crippen MR) is 208 cm³/mol. The van der Waals surface area contributed by atoms with Gasteiger partial charge in [0.15, 0.2) is 6.10 Å². The first-order valence-corrected chi connectivity index (χ1v) is 21.3. The number of ether oxygens (including phenoxy) is 2. The summed E-state index contributed by atoms with van der Waals surface area (Å²) < 4.78 is 33.7. The third kappa shape index (κ3) is 37.5. The molecule has 0 N–H and O–H groups in total. The van der Waals surface area contributed by atoms with E-state index in [0.717, 1.165) is 57.8 Å². The van der Waals surface area contributed by atoms with Crippen molar-refractivity contribution in [3.05, 3.63) is 48.6 Å². The molecule has 0 aliphatic heterocycles. The Morgan fingerprint density at radius 1 is 0.627 bits per heavy atom. The SMILES string of the molecule is CC/C=C\C/C=C\C/C=C\C/C=C\CCCCC(=O)O[C@H](COC(=O)CCCCCCCCCCCCCC)COP(=O)([O-])OCC[N+](C)(C)C. The summed E-state index contributed by atoms with van der Waals surface area (Å²) in [5.74, 6) is -0.886. The second kappa shape index (κ2) is 33.8. The van der Waals surface area contributed by atoms with Gasteiger partial charge in [0.1, 0.15) is 19.8 Å².